The van der Waals surface area contributed by atoms with Gasteiger partial charge in [-0.1, -0.05) is 30.3 Å². The van der Waals surface area contributed by atoms with Crippen LogP contribution in [0.15, 0.2) is 36.7 Å². The van der Waals surface area contributed by atoms with Crippen LogP contribution >= 0.6 is 0 Å². The Kier molecular flexibility index (Phi) is 5.80. The Hall–Kier alpha value is -2.87. The molecule has 2 fully saturated rings. The van der Waals surface area contributed by atoms with Crippen molar-refractivity contribution in [1.82, 2.24) is 14.9 Å². The summed E-state index contributed by atoms with van der Waals surface area (Å²) in [5, 5.41) is 9.20. The zero-order chi connectivity index (χ0) is 20.2. The minimum Gasteiger partial charge on any atom is -0.481 e. The zero-order valence-corrected chi connectivity index (χ0v) is 16.6. The van der Waals surface area contributed by atoms with Crippen LogP contribution < -0.4 is 15.5 Å². The molecular formula is C21H28N6O2. The SMILES string of the molecule is Nc1c(N2CCC(C(=O)O)CC2)ncnc1N1CCN(Cc2ccccc2)CC1. The fourth-order valence-corrected chi connectivity index (χ4v) is 4.18. The van der Waals surface area contributed by atoms with E-state index in [1.807, 2.05) is 6.07 Å². The van der Waals surface area contributed by atoms with Gasteiger partial charge in [-0.3, -0.25) is 9.69 Å². The number of aromatic nitrogens is 2. The summed E-state index contributed by atoms with van der Waals surface area (Å²) in [5.74, 6) is 0.529. The third-order valence-corrected chi connectivity index (χ3v) is 5.91. The van der Waals surface area contributed by atoms with E-state index in [1.54, 1.807) is 6.33 Å². The number of carboxylic acids is 1. The lowest BCUT2D eigenvalue weighted by Crippen LogP contribution is -2.46. The maximum atomic E-state index is 11.2. The third kappa shape index (κ3) is 4.42. The Morgan fingerprint density at radius 1 is 0.966 bits per heavy atom. The van der Waals surface area contributed by atoms with Gasteiger partial charge in [0.1, 0.15) is 12.0 Å². The van der Waals surface area contributed by atoms with Gasteiger partial charge >= 0.3 is 5.97 Å². The second kappa shape index (κ2) is 8.65. The zero-order valence-electron chi connectivity index (χ0n) is 16.6. The highest BCUT2D eigenvalue weighted by molar-refractivity contribution is 5.76. The average Bonchev–Trinajstić information content (AvgIpc) is 2.75. The minimum absolute atomic E-state index is 0.272. The van der Waals surface area contributed by atoms with Crippen LogP contribution in [0.3, 0.4) is 0 Å². The molecule has 2 aliphatic rings. The summed E-state index contributed by atoms with van der Waals surface area (Å²) in [6.45, 7) is 5.92. The van der Waals surface area contributed by atoms with E-state index >= 15 is 0 Å². The van der Waals surface area contributed by atoms with Crippen LogP contribution in [-0.2, 0) is 11.3 Å². The van der Waals surface area contributed by atoms with E-state index in [1.165, 1.54) is 5.56 Å². The molecule has 1 aromatic heterocycles. The van der Waals surface area contributed by atoms with E-state index in [4.69, 9.17) is 5.73 Å². The minimum atomic E-state index is -0.714. The Labute approximate surface area is 171 Å². The number of aliphatic carboxylic acids is 1. The topological polar surface area (TPSA) is 98.8 Å². The van der Waals surface area contributed by atoms with Crippen molar-refractivity contribution in [1.29, 1.82) is 0 Å². The number of nitrogen functional groups attached to an aromatic ring is 1. The Balaban J connectivity index is 1.39. The lowest BCUT2D eigenvalue weighted by atomic mass is 9.97. The third-order valence-electron chi connectivity index (χ3n) is 5.91. The first-order valence-electron chi connectivity index (χ1n) is 10.2. The largest absolute Gasteiger partial charge is 0.481 e. The molecule has 0 amide bonds. The molecule has 29 heavy (non-hydrogen) atoms. The number of nitrogens with zero attached hydrogens (tertiary/aromatic N) is 5. The number of nitrogens with two attached hydrogens (primary N) is 1. The summed E-state index contributed by atoms with van der Waals surface area (Å²) < 4.78 is 0. The van der Waals surface area contributed by atoms with Gasteiger partial charge in [-0.15, -0.1) is 0 Å². The van der Waals surface area contributed by atoms with Crippen molar-refractivity contribution in [3.8, 4) is 0 Å². The van der Waals surface area contributed by atoms with Crippen LogP contribution in [0.2, 0.25) is 0 Å². The van der Waals surface area contributed by atoms with Crippen LogP contribution in [0.4, 0.5) is 17.3 Å². The normalized spacial score (nSPS) is 18.8. The number of hydrogen-bond donors (Lipinski definition) is 2. The monoisotopic (exact) mass is 396 g/mol. The number of piperidine rings is 1. The second-order valence-corrected chi connectivity index (χ2v) is 7.78. The van der Waals surface area contributed by atoms with Crippen molar-refractivity contribution in [3.05, 3.63) is 42.2 Å². The summed E-state index contributed by atoms with van der Waals surface area (Å²) >= 11 is 0. The van der Waals surface area contributed by atoms with Crippen LogP contribution in [-0.4, -0.2) is 65.2 Å². The number of anilines is 3. The van der Waals surface area contributed by atoms with Gasteiger partial charge in [0.05, 0.1) is 5.92 Å². The number of hydrogen-bond acceptors (Lipinski definition) is 7. The molecule has 0 bridgehead atoms. The van der Waals surface area contributed by atoms with E-state index < -0.39 is 5.97 Å². The molecule has 2 saturated heterocycles. The molecule has 0 aliphatic carbocycles. The van der Waals surface area contributed by atoms with Gasteiger partial charge in [0, 0.05) is 45.8 Å². The van der Waals surface area contributed by atoms with Crippen molar-refractivity contribution in [2.75, 3.05) is 54.8 Å². The summed E-state index contributed by atoms with van der Waals surface area (Å²) in [6, 6.07) is 10.5. The number of rotatable bonds is 5. The first kappa shape index (κ1) is 19.4. The first-order valence-corrected chi connectivity index (χ1v) is 10.2. The molecule has 4 rings (SSSR count). The first-order chi connectivity index (χ1) is 14.1. The average molecular weight is 396 g/mol. The predicted molar refractivity (Wildman–Crippen MR) is 113 cm³/mol. The van der Waals surface area contributed by atoms with Gasteiger partial charge in [0.2, 0.25) is 0 Å². The summed E-state index contributed by atoms with van der Waals surface area (Å²) in [5.41, 5.74) is 8.38. The molecule has 8 heteroatoms. The van der Waals surface area contributed by atoms with Crippen molar-refractivity contribution < 1.29 is 9.90 Å². The summed E-state index contributed by atoms with van der Waals surface area (Å²) in [6.07, 6.45) is 2.80. The number of benzene rings is 1. The van der Waals surface area contributed by atoms with E-state index in [0.29, 0.717) is 31.6 Å². The molecule has 2 aromatic rings. The second-order valence-electron chi connectivity index (χ2n) is 7.78. The van der Waals surface area contributed by atoms with Crippen LogP contribution in [0.1, 0.15) is 18.4 Å². The number of piperazine rings is 1. The van der Waals surface area contributed by atoms with Crippen molar-refractivity contribution >= 4 is 23.3 Å². The Morgan fingerprint density at radius 2 is 1.55 bits per heavy atom. The van der Waals surface area contributed by atoms with Crippen molar-refractivity contribution in [2.45, 2.75) is 19.4 Å². The number of carboxylic acid groups (broad SMARTS) is 1. The fourth-order valence-electron chi connectivity index (χ4n) is 4.18. The molecule has 0 saturated carbocycles. The van der Waals surface area contributed by atoms with Gasteiger partial charge in [-0.25, -0.2) is 9.97 Å². The highest BCUT2D eigenvalue weighted by atomic mass is 16.4. The quantitative estimate of drug-likeness (QED) is 0.788. The molecule has 3 N–H and O–H groups in total. The van der Waals surface area contributed by atoms with Crippen LogP contribution in [0, 0.1) is 5.92 Å². The predicted octanol–water partition coefficient (Wildman–Crippen LogP) is 1.68. The molecule has 0 spiro atoms. The van der Waals surface area contributed by atoms with Gasteiger partial charge in [0.15, 0.2) is 11.6 Å². The molecular weight excluding hydrogens is 368 g/mol. The molecule has 2 aliphatic heterocycles. The maximum Gasteiger partial charge on any atom is 0.306 e. The molecule has 0 radical (unpaired) electrons. The summed E-state index contributed by atoms with van der Waals surface area (Å²) in [7, 11) is 0. The maximum absolute atomic E-state index is 11.2. The van der Waals surface area contributed by atoms with Gasteiger partial charge in [-0.05, 0) is 18.4 Å². The highest BCUT2D eigenvalue weighted by Crippen LogP contribution is 2.32. The Morgan fingerprint density at radius 3 is 2.14 bits per heavy atom. The number of carbonyl (C=O) groups is 1. The van der Waals surface area contributed by atoms with Crippen LogP contribution in [0.25, 0.3) is 0 Å². The lowest BCUT2D eigenvalue weighted by molar-refractivity contribution is -0.142. The van der Waals surface area contributed by atoms with E-state index in [9.17, 15) is 9.90 Å². The molecule has 3 heterocycles. The fraction of sp³-hybridized carbons (Fsp3) is 0.476. The molecule has 0 atom stereocenters. The van der Waals surface area contributed by atoms with E-state index in [0.717, 1.165) is 44.4 Å². The molecule has 0 unspecified atom stereocenters. The van der Waals surface area contributed by atoms with E-state index in [-0.39, 0.29) is 5.92 Å². The smallest absolute Gasteiger partial charge is 0.306 e. The van der Waals surface area contributed by atoms with Gasteiger partial charge in [-0.2, -0.15) is 0 Å². The van der Waals surface area contributed by atoms with Crippen LogP contribution in [0.5, 0.6) is 0 Å². The van der Waals surface area contributed by atoms with Crippen molar-refractivity contribution in [2.24, 2.45) is 5.92 Å². The summed E-state index contributed by atoms with van der Waals surface area (Å²) in [4.78, 5) is 26.8. The highest BCUT2D eigenvalue weighted by Gasteiger charge is 2.28. The molecule has 1 aromatic carbocycles. The standard InChI is InChI=1S/C21H28N6O2/c22-18-19(26-8-6-17(7-9-26)21(28)29)23-15-24-20(18)27-12-10-25(11-13-27)14-16-4-2-1-3-5-16/h1-5,15,17H,6-14,22H2,(H,28,29). The molecule has 154 valence electrons. The molecule has 8 nitrogen and oxygen atoms in total. The van der Waals surface area contributed by atoms with E-state index in [2.05, 4.69) is 48.9 Å². The van der Waals surface area contributed by atoms with Gasteiger partial charge in [0.25, 0.3) is 0 Å². The lowest BCUT2D eigenvalue weighted by Gasteiger charge is -2.37. The van der Waals surface area contributed by atoms with Crippen molar-refractivity contribution in [3.63, 3.8) is 0 Å². The van der Waals surface area contributed by atoms with Gasteiger partial charge < -0.3 is 20.6 Å². The Bertz CT molecular complexity index is 830.